The molecule has 0 heterocycles. The monoisotopic (exact) mass is 628 g/mol. The van der Waals surface area contributed by atoms with Gasteiger partial charge in [-0.05, 0) is 116 Å². The Morgan fingerprint density at radius 3 is 1.56 bits per heavy atom. The van der Waals surface area contributed by atoms with Crippen LogP contribution in [0.25, 0.3) is 0 Å². The second-order valence-electron chi connectivity index (χ2n) is 13.6. The van der Waals surface area contributed by atoms with Crippen LogP contribution in [-0.2, 0) is 33.1 Å². The van der Waals surface area contributed by atoms with Crippen molar-refractivity contribution in [3.05, 3.63) is 52.1 Å². The molecule has 6 rings (SSSR count). The summed E-state index contributed by atoms with van der Waals surface area (Å²) in [7, 11) is -8.66. The lowest BCUT2D eigenvalue weighted by Gasteiger charge is -2.32. The lowest BCUT2D eigenvalue weighted by atomic mass is 9.76. The largest absolute Gasteiger partial charge is 0.379 e. The third kappa shape index (κ3) is 6.86. The summed E-state index contributed by atoms with van der Waals surface area (Å²) in [5.74, 6) is 1.10. The highest BCUT2D eigenvalue weighted by Crippen LogP contribution is 2.46. The molecule has 0 spiro atoms. The summed E-state index contributed by atoms with van der Waals surface area (Å²) in [6.07, 6.45) is 20.4. The van der Waals surface area contributed by atoms with Crippen molar-refractivity contribution in [3.63, 3.8) is 0 Å². The van der Waals surface area contributed by atoms with E-state index in [-0.39, 0.29) is 22.5 Å². The van der Waals surface area contributed by atoms with Crippen LogP contribution in [0.3, 0.4) is 0 Å². The second-order valence-corrected chi connectivity index (χ2v) is 16.5. The van der Waals surface area contributed by atoms with E-state index >= 15 is 0 Å². The zero-order valence-electron chi connectivity index (χ0n) is 25.5. The number of hydrogen-bond donors (Lipinski definition) is 1. The molecule has 0 atom stereocenters. The molecule has 6 nitrogen and oxygen atoms in total. The van der Waals surface area contributed by atoms with Crippen LogP contribution in [-0.4, -0.2) is 21.4 Å². The molecule has 0 bridgehead atoms. The van der Waals surface area contributed by atoms with Gasteiger partial charge in [0.1, 0.15) is 10.6 Å². The zero-order chi connectivity index (χ0) is 30.0. The summed E-state index contributed by atoms with van der Waals surface area (Å²) in [6, 6.07) is 7.26. The molecule has 4 aliphatic carbocycles. The highest BCUT2D eigenvalue weighted by molar-refractivity contribution is 7.87. The molecule has 43 heavy (non-hydrogen) atoms. The number of hydrogen-bond acceptors (Lipinski definition) is 5. The minimum Gasteiger partial charge on any atom is -0.379 e. The molecule has 3 fully saturated rings. The maximum Gasteiger partial charge on any atom is 0.339 e. The Balaban J connectivity index is 1.50. The van der Waals surface area contributed by atoms with Gasteiger partial charge in [0.15, 0.2) is 0 Å². The van der Waals surface area contributed by atoms with Gasteiger partial charge in [-0.25, -0.2) is 0 Å². The van der Waals surface area contributed by atoms with Crippen LogP contribution in [0.2, 0.25) is 0 Å². The Morgan fingerprint density at radius 1 is 0.581 bits per heavy atom. The number of rotatable bonds is 7. The maximum absolute atomic E-state index is 14.7. The first kappa shape index (κ1) is 31.1. The van der Waals surface area contributed by atoms with Gasteiger partial charge in [-0.1, -0.05) is 76.3 Å². The third-order valence-corrected chi connectivity index (χ3v) is 13.1. The molecule has 1 N–H and O–H groups in total. The van der Waals surface area contributed by atoms with Crippen LogP contribution >= 0.6 is 0 Å². The Kier molecular flexibility index (Phi) is 9.56. The molecule has 2 aromatic rings. The zero-order valence-corrected chi connectivity index (χ0v) is 27.1. The van der Waals surface area contributed by atoms with Crippen molar-refractivity contribution in [2.75, 3.05) is 0 Å². The molecule has 0 amide bonds. The van der Waals surface area contributed by atoms with Gasteiger partial charge in [-0.15, -0.1) is 0 Å². The Bertz CT molecular complexity index is 1470. The van der Waals surface area contributed by atoms with Crippen LogP contribution < -0.4 is 4.18 Å². The predicted molar refractivity (Wildman–Crippen MR) is 169 cm³/mol. The van der Waals surface area contributed by atoms with E-state index in [2.05, 4.69) is 12.1 Å². The van der Waals surface area contributed by atoms with Crippen molar-refractivity contribution >= 4 is 20.2 Å². The van der Waals surface area contributed by atoms with Gasteiger partial charge < -0.3 is 4.18 Å². The molecule has 0 saturated heterocycles. The van der Waals surface area contributed by atoms with Gasteiger partial charge in [0.05, 0.1) is 4.90 Å². The van der Waals surface area contributed by atoms with Gasteiger partial charge in [0.25, 0.3) is 10.1 Å². The van der Waals surface area contributed by atoms with Crippen LogP contribution in [0, 0.1) is 0 Å². The van der Waals surface area contributed by atoms with Crippen LogP contribution in [0.5, 0.6) is 5.75 Å². The normalized spacial score (nSPS) is 21.7. The van der Waals surface area contributed by atoms with Gasteiger partial charge in [0, 0.05) is 5.56 Å². The fraction of sp³-hybridized carbons (Fsp3) is 0.657. The van der Waals surface area contributed by atoms with E-state index in [9.17, 15) is 21.4 Å². The van der Waals surface area contributed by atoms with Crippen molar-refractivity contribution < 1.29 is 25.6 Å². The van der Waals surface area contributed by atoms with Crippen LogP contribution in [0.4, 0.5) is 0 Å². The van der Waals surface area contributed by atoms with E-state index in [1.807, 2.05) is 0 Å². The fourth-order valence-electron chi connectivity index (χ4n) is 8.55. The molecular weight excluding hydrogens is 581 g/mol. The van der Waals surface area contributed by atoms with Crippen molar-refractivity contribution in [2.24, 2.45) is 0 Å². The van der Waals surface area contributed by atoms with E-state index < -0.39 is 20.2 Å². The third-order valence-electron chi connectivity index (χ3n) is 10.8. The smallest absolute Gasteiger partial charge is 0.339 e. The van der Waals surface area contributed by atoms with Crippen LogP contribution in [0.15, 0.2) is 34.1 Å². The van der Waals surface area contributed by atoms with E-state index in [0.717, 1.165) is 81.8 Å². The van der Waals surface area contributed by atoms with Crippen molar-refractivity contribution in [2.45, 2.75) is 156 Å². The van der Waals surface area contributed by atoms with Crippen LogP contribution in [0.1, 0.15) is 161 Å². The van der Waals surface area contributed by atoms with E-state index in [4.69, 9.17) is 4.18 Å². The van der Waals surface area contributed by atoms with Crippen molar-refractivity contribution in [1.29, 1.82) is 0 Å². The SMILES string of the molecule is O=S(=O)(O)c1ccc(OS(=O)(=O)c2c(C3CCCCC3)cc(C3CCCCC3)cc2C2CCCCC2)c2c1CCCCC2. The first-order valence-electron chi connectivity index (χ1n) is 17.0. The van der Waals surface area contributed by atoms with E-state index in [0.29, 0.717) is 34.8 Å². The number of fused-ring (bicyclic) bond motifs is 1. The average Bonchev–Trinajstić information content (AvgIpc) is 3.28. The molecule has 0 aromatic heterocycles. The minimum atomic E-state index is -4.44. The molecule has 0 aliphatic heterocycles. The highest BCUT2D eigenvalue weighted by Gasteiger charge is 2.35. The summed E-state index contributed by atoms with van der Waals surface area (Å²) in [5.41, 5.74) is 4.35. The van der Waals surface area contributed by atoms with Gasteiger partial charge in [0.2, 0.25) is 0 Å². The Morgan fingerprint density at radius 2 is 1.05 bits per heavy atom. The molecule has 4 aliphatic rings. The highest BCUT2D eigenvalue weighted by atomic mass is 32.2. The molecule has 8 heteroatoms. The summed E-state index contributed by atoms with van der Waals surface area (Å²) < 4.78 is 69.9. The van der Waals surface area contributed by atoms with Crippen molar-refractivity contribution in [1.82, 2.24) is 0 Å². The summed E-state index contributed by atoms with van der Waals surface area (Å²) in [4.78, 5) is 0.267. The first-order chi connectivity index (χ1) is 20.7. The quantitative estimate of drug-likeness (QED) is 0.187. The standard InChI is InChI=1S/C35H48O6S2/c36-42(37,38)34-22-21-33(29-19-11-4-12-20-30(29)34)41-43(39,40)35-31(26-15-7-2-8-16-26)23-28(25-13-5-1-6-14-25)24-32(35)27-17-9-3-10-18-27/h21-27H,1-20H2,(H,36,37,38). The fourth-order valence-corrected chi connectivity index (χ4v) is 10.8. The average molecular weight is 629 g/mol. The Labute approximate surface area is 258 Å². The molecule has 0 unspecified atom stereocenters. The molecular formula is C35H48O6S2. The molecule has 0 radical (unpaired) electrons. The summed E-state index contributed by atoms with van der Waals surface area (Å²) in [6.45, 7) is 0. The lowest BCUT2D eigenvalue weighted by Crippen LogP contribution is -2.22. The molecule has 3 saturated carbocycles. The van der Waals surface area contributed by atoms with E-state index in [1.165, 1.54) is 62.6 Å². The van der Waals surface area contributed by atoms with Gasteiger partial charge in [-0.2, -0.15) is 16.8 Å². The molecule has 236 valence electrons. The lowest BCUT2D eigenvalue weighted by molar-refractivity contribution is 0.414. The second kappa shape index (κ2) is 13.2. The summed E-state index contributed by atoms with van der Waals surface area (Å²) >= 11 is 0. The van der Waals surface area contributed by atoms with E-state index in [1.54, 1.807) is 0 Å². The summed E-state index contributed by atoms with van der Waals surface area (Å²) in [5, 5.41) is 0. The molecule has 2 aromatic carbocycles. The van der Waals surface area contributed by atoms with Crippen molar-refractivity contribution in [3.8, 4) is 5.75 Å². The van der Waals surface area contributed by atoms with Gasteiger partial charge in [-0.3, -0.25) is 4.55 Å². The minimum absolute atomic E-state index is 0.128. The predicted octanol–water partition coefficient (Wildman–Crippen LogP) is 9.11. The van der Waals surface area contributed by atoms with Gasteiger partial charge >= 0.3 is 10.1 Å². The Hall–Kier alpha value is -1.90. The first-order valence-corrected chi connectivity index (χ1v) is 19.8. The maximum atomic E-state index is 14.7. The number of benzene rings is 2. The topological polar surface area (TPSA) is 97.7 Å².